The zero-order chi connectivity index (χ0) is 14.6. The molecule has 4 bridgehead atoms. The summed E-state index contributed by atoms with van der Waals surface area (Å²) in [5.41, 5.74) is -1.18. The minimum absolute atomic E-state index is 0.0891. The quantitative estimate of drug-likeness (QED) is 0.806. The molecule has 4 aliphatic rings. The van der Waals surface area contributed by atoms with E-state index in [1.807, 2.05) is 0 Å². The fourth-order valence-corrected chi connectivity index (χ4v) is 6.82. The topological polar surface area (TPSA) is 57.5 Å². The molecule has 114 valence electrons. The first-order chi connectivity index (χ1) is 9.31. The molecule has 4 saturated carbocycles. The zero-order valence-electron chi connectivity index (χ0n) is 12.9. The Hall–Kier alpha value is -0.570. The van der Waals surface area contributed by atoms with Crippen molar-refractivity contribution in [3.8, 4) is 0 Å². The van der Waals surface area contributed by atoms with Crippen LogP contribution in [0.4, 0.5) is 0 Å². The third-order valence-corrected chi connectivity index (χ3v) is 6.27. The molecule has 0 aromatic heterocycles. The first-order valence-electron chi connectivity index (χ1n) is 8.27. The molecule has 0 saturated heterocycles. The maximum Gasteiger partial charge on any atom is 0.309 e. The van der Waals surface area contributed by atoms with Gasteiger partial charge in [0.25, 0.3) is 0 Å². The normalized spacial score (nSPS) is 49.5. The average Bonchev–Trinajstić information content (AvgIpc) is 2.24. The molecule has 4 aliphatic carbocycles. The van der Waals surface area contributed by atoms with Crippen molar-refractivity contribution in [2.45, 2.75) is 83.7 Å². The van der Waals surface area contributed by atoms with Gasteiger partial charge in [-0.1, -0.05) is 26.7 Å². The van der Waals surface area contributed by atoms with Crippen LogP contribution in [0.3, 0.4) is 0 Å². The van der Waals surface area contributed by atoms with E-state index in [0.717, 1.165) is 57.8 Å². The third-order valence-electron chi connectivity index (χ3n) is 6.27. The van der Waals surface area contributed by atoms with Gasteiger partial charge in [0, 0.05) is 0 Å². The molecule has 0 spiro atoms. The number of hydrogen-bond donors (Lipinski definition) is 2. The summed E-state index contributed by atoms with van der Waals surface area (Å²) in [6.07, 6.45) is 9.27. The molecule has 0 aromatic carbocycles. The predicted molar refractivity (Wildman–Crippen MR) is 77.4 cm³/mol. The molecule has 20 heavy (non-hydrogen) atoms. The zero-order valence-corrected chi connectivity index (χ0v) is 12.9. The average molecular weight is 280 g/mol. The van der Waals surface area contributed by atoms with E-state index >= 15 is 0 Å². The fourth-order valence-electron chi connectivity index (χ4n) is 6.82. The second kappa shape index (κ2) is 4.22. The summed E-state index contributed by atoms with van der Waals surface area (Å²) in [5, 5.41) is 20.9. The molecule has 0 amide bonds. The second-order valence-corrected chi connectivity index (χ2v) is 8.37. The minimum atomic E-state index is -0.711. The van der Waals surface area contributed by atoms with Crippen LogP contribution in [0.2, 0.25) is 0 Å². The van der Waals surface area contributed by atoms with Crippen LogP contribution in [0, 0.1) is 16.2 Å². The van der Waals surface area contributed by atoms with Gasteiger partial charge < -0.3 is 10.2 Å². The van der Waals surface area contributed by atoms with Crippen molar-refractivity contribution >= 4 is 5.97 Å². The monoisotopic (exact) mass is 280 g/mol. The van der Waals surface area contributed by atoms with Crippen molar-refractivity contribution in [3.05, 3.63) is 0 Å². The van der Waals surface area contributed by atoms with Gasteiger partial charge in [0.2, 0.25) is 0 Å². The molecule has 0 aliphatic heterocycles. The van der Waals surface area contributed by atoms with Gasteiger partial charge >= 0.3 is 5.97 Å². The fraction of sp³-hybridized carbons (Fsp3) is 0.941. The summed E-state index contributed by atoms with van der Waals surface area (Å²) in [6.45, 7) is 4.37. The number of aliphatic carboxylic acids is 1. The van der Waals surface area contributed by atoms with Gasteiger partial charge in [0.15, 0.2) is 0 Å². The smallest absolute Gasteiger partial charge is 0.309 e. The summed E-state index contributed by atoms with van der Waals surface area (Å²) in [4.78, 5) is 12.0. The second-order valence-electron chi connectivity index (χ2n) is 8.37. The standard InChI is InChI=1S/C17H28O3/c1-3-5-14-7-15(6-4-2)9-16(8-14,13(18)19)12-17(20,10-14)11-15/h20H,3-12H2,1-2H3,(H,18,19). The number of rotatable bonds is 5. The maximum atomic E-state index is 12.0. The Balaban J connectivity index is 2.05. The molecular weight excluding hydrogens is 252 g/mol. The Morgan fingerprint density at radius 2 is 1.40 bits per heavy atom. The summed E-state index contributed by atoms with van der Waals surface area (Å²) in [5.74, 6) is -0.656. The van der Waals surface area contributed by atoms with Crippen LogP contribution in [0.15, 0.2) is 0 Å². The van der Waals surface area contributed by atoms with Crippen molar-refractivity contribution in [3.63, 3.8) is 0 Å². The van der Waals surface area contributed by atoms with Gasteiger partial charge in [-0.25, -0.2) is 0 Å². The van der Waals surface area contributed by atoms with Crippen molar-refractivity contribution in [2.24, 2.45) is 16.2 Å². The molecular formula is C17H28O3. The SMILES string of the molecule is CCCC12CC3(O)CC(CCC)(C1)CC(C(=O)O)(C3)C2. The molecule has 3 heteroatoms. The molecule has 0 radical (unpaired) electrons. The lowest BCUT2D eigenvalue weighted by atomic mass is 9.37. The summed E-state index contributed by atoms with van der Waals surface area (Å²) < 4.78 is 0. The highest BCUT2D eigenvalue weighted by atomic mass is 16.4. The Kier molecular flexibility index (Phi) is 3.03. The molecule has 0 heterocycles. The largest absolute Gasteiger partial charge is 0.481 e. The van der Waals surface area contributed by atoms with Gasteiger partial charge in [-0.2, -0.15) is 0 Å². The first kappa shape index (κ1) is 14.4. The van der Waals surface area contributed by atoms with Crippen LogP contribution in [-0.2, 0) is 4.79 Å². The highest BCUT2D eigenvalue weighted by Gasteiger charge is 2.69. The molecule has 4 rings (SSSR count). The van der Waals surface area contributed by atoms with E-state index in [-0.39, 0.29) is 10.8 Å². The number of aliphatic hydroxyl groups is 1. The molecule has 3 nitrogen and oxygen atoms in total. The number of carboxylic acids is 1. The lowest BCUT2D eigenvalue weighted by Gasteiger charge is -2.68. The first-order valence-corrected chi connectivity index (χ1v) is 8.27. The number of hydrogen-bond acceptors (Lipinski definition) is 2. The summed E-state index contributed by atoms with van der Waals surface area (Å²) in [6, 6.07) is 0. The third kappa shape index (κ3) is 1.93. The maximum absolute atomic E-state index is 12.0. The van der Waals surface area contributed by atoms with Gasteiger partial charge in [-0.05, 0) is 62.2 Å². The van der Waals surface area contributed by atoms with Gasteiger partial charge in [0.05, 0.1) is 11.0 Å². The van der Waals surface area contributed by atoms with E-state index in [1.54, 1.807) is 0 Å². The molecule has 2 N–H and O–H groups in total. The summed E-state index contributed by atoms with van der Waals surface area (Å²) in [7, 11) is 0. The van der Waals surface area contributed by atoms with E-state index in [1.165, 1.54) is 0 Å². The van der Waals surface area contributed by atoms with Crippen molar-refractivity contribution in [1.82, 2.24) is 0 Å². The van der Waals surface area contributed by atoms with E-state index < -0.39 is 17.0 Å². The Bertz CT molecular complexity index is 406. The molecule has 2 unspecified atom stereocenters. The minimum Gasteiger partial charge on any atom is -0.481 e. The van der Waals surface area contributed by atoms with Crippen molar-refractivity contribution in [2.75, 3.05) is 0 Å². The van der Waals surface area contributed by atoms with Gasteiger partial charge in [-0.15, -0.1) is 0 Å². The van der Waals surface area contributed by atoms with Crippen LogP contribution in [0.1, 0.15) is 78.1 Å². The van der Waals surface area contributed by atoms with Crippen LogP contribution in [0.5, 0.6) is 0 Å². The number of carboxylic acid groups (broad SMARTS) is 1. The Morgan fingerprint density at radius 1 is 0.900 bits per heavy atom. The summed E-state index contributed by atoms with van der Waals surface area (Å²) >= 11 is 0. The van der Waals surface area contributed by atoms with Crippen LogP contribution in [0.25, 0.3) is 0 Å². The number of carbonyl (C=O) groups is 1. The van der Waals surface area contributed by atoms with Crippen LogP contribution in [-0.4, -0.2) is 21.8 Å². The highest BCUT2D eigenvalue weighted by Crippen LogP contribution is 2.73. The van der Waals surface area contributed by atoms with E-state index in [0.29, 0.717) is 6.42 Å². The van der Waals surface area contributed by atoms with Crippen LogP contribution < -0.4 is 0 Å². The van der Waals surface area contributed by atoms with E-state index in [2.05, 4.69) is 13.8 Å². The van der Waals surface area contributed by atoms with Crippen LogP contribution >= 0.6 is 0 Å². The molecule has 2 atom stereocenters. The van der Waals surface area contributed by atoms with Crippen molar-refractivity contribution in [1.29, 1.82) is 0 Å². The molecule has 0 aromatic rings. The lowest BCUT2D eigenvalue weighted by Crippen LogP contribution is -2.65. The predicted octanol–water partition coefficient (Wildman–Crippen LogP) is 3.74. The Morgan fingerprint density at radius 3 is 1.80 bits per heavy atom. The van der Waals surface area contributed by atoms with E-state index in [9.17, 15) is 15.0 Å². The lowest BCUT2D eigenvalue weighted by molar-refractivity contribution is -0.242. The van der Waals surface area contributed by atoms with Gasteiger partial charge in [-0.3, -0.25) is 4.79 Å². The van der Waals surface area contributed by atoms with Gasteiger partial charge in [0.1, 0.15) is 0 Å². The molecule has 4 fully saturated rings. The van der Waals surface area contributed by atoms with Crippen molar-refractivity contribution < 1.29 is 15.0 Å². The van der Waals surface area contributed by atoms with E-state index in [4.69, 9.17) is 0 Å². The Labute approximate surface area is 121 Å². The highest BCUT2D eigenvalue weighted by molar-refractivity contribution is 5.76.